The number of fused-ring (bicyclic) bond motifs is 2. The first-order valence-corrected chi connectivity index (χ1v) is 22.8. The summed E-state index contributed by atoms with van der Waals surface area (Å²) in [6, 6.07) is 12.6. The third kappa shape index (κ3) is 8.57. The standard InChI is InChI=1S/C39H63O6PSi/c1-8-47(9-2,10-3)45-38(5,6)24-14-16-29(4)34-22-23-35-31(17-15-25-39(34,35)7)21-20-30-26-36(40)33-28-42-46(41,44-37(33)27-30)43-32-18-12-11-13-19-32/h11-13,18-21,29,33-37,40H,8-10,14-17,22-28H2,1-7H3/b30-20+,31-21+/t29-,33+,34-,35+,36-,37-,39-,46?/m1/s1. The van der Waals surface area contributed by atoms with Gasteiger partial charge in [0.25, 0.3) is 0 Å². The molecule has 1 N–H and O–H groups in total. The number of hydrogen-bond donors (Lipinski definition) is 1. The van der Waals surface area contributed by atoms with Crippen molar-refractivity contribution in [2.24, 2.45) is 29.1 Å². The first-order valence-electron chi connectivity index (χ1n) is 18.8. The van der Waals surface area contributed by atoms with E-state index in [9.17, 15) is 9.67 Å². The van der Waals surface area contributed by atoms with Crippen molar-refractivity contribution >= 4 is 16.1 Å². The Morgan fingerprint density at radius 2 is 1.83 bits per heavy atom. The predicted octanol–water partition coefficient (Wildman–Crippen LogP) is 11.0. The average Bonchev–Trinajstić information content (AvgIpc) is 3.40. The Kier molecular flexibility index (Phi) is 12.1. The number of phosphoric ester groups is 1. The Labute approximate surface area is 286 Å². The fourth-order valence-electron chi connectivity index (χ4n) is 9.76. The summed E-state index contributed by atoms with van der Waals surface area (Å²) in [4.78, 5) is 0. The molecule has 4 fully saturated rings. The monoisotopic (exact) mass is 686 g/mol. The molecule has 4 aliphatic rings. The van der Waals surface area contributed by atoms with Crippen molar-refractivity contribution < 1.29 is 27.7 Å². The van der Waals surface area contributed by atoms with Gasteiger partial charge in [-0.05, 0) is 119 Å². The summed E-state index contributed by atoms with van der Waals surface area (Å²) < 4.78 is 37.5. The first kappa shape index (κ1) is 37.1. The molecular weight excluding hydrogens is 623 g/mol. The maximum absolute atomic E-state index is 13.3. The highest BCUT2D eigenvalue weighted by atomic mass is 31.2. The molecule has 1 aromatic carbocycles. The van der Waals surface area contributed by atoms with Crippen LogP contribution in [0.4, 0.5) is 0 Å². The number of rotatable bonds is 13. The van der Waals surface area contributed by atoms with Crippen LogP contribution in [0.5, 0.6) is 5.75 Å². The second-order valence-corrected chi connectivity index (χ2v) is 22.3. The SMILES string of the molecule is CC[Si](CC)(CC)OC(C)(C)CCC[C@@H](C)[C@H]1CC[C@H]2/C(=C/C=C3\C[C@@H](O)[C@@H]4COP(=O)(Oc5ccccc5)O[C@@H]4C3)CCC[C@]12C. The van der Waals surface area contributed by atoms with Crippen LogP contribution >= 0.6 is 7.82 Å². The van der Waals surface area contributed by atoms with E-state index in [0.717, 1.165) is 24.3 Å². The van der Waals surface area contributed by atoms with Crippen LogP contribution in [0.25, 0.3) is 0 Å². The second-order valence-electron chi connectivity index (χ2n) is 16.1. The molecule has 5 rings (SSSR count). The summed E-state index contributed by atoms with van der Waals surface area (Å²) in [5, 5.41) is 11.0. The lowest BCUT2D eigenvalue weighted by Crippen LogP contribution is -2.44. The molecule has 1 heterocycles. The minimum Gasteiger partial charge on any atom is -0.412 e. The zero-order valence-corrected chi connectivity index (χ0v) is 32.2. The van der Waals surface area contributed by atoms with Crippen LogP contribution in [0.3, 0.4) is 0 Å². The van der Waals surface area contributed by atoms with E-state index in [2.05, 4.69) is 60.6 Å². The van der Waals surface area contributed by atoms with Crippen molar-refractivity contribution in [3.8, 4) is 5.75 Å². The van der Waals surface area contributed by atoms with Crippen LogP contribution in [0.15, 0.2) is 53.6 Å². The summed E-state index contributed by atoms with van der Waals surface area (Å²) >= 11 is 0. The van der Waals surface area contributed by atoms with Crippen molar-refractivity contribution in [3.05, 3.63) is 53.6 Å². The lowest BCUT2D eigenvalue weighted by molar-refractivity contribution is -0.0633. The molecule has 0 spiro atoms. The van der Waals surface area contributed by atoms with Gasteiger partial charge >= 0.3 is 7.82 Å². The van der Waals surface area contributed by atoms with Crippen molar-refractivity contribution in [1.29, 1.82) is 0 Å². The molecule has 3 aliphatic carbocycles. The molecule has 8 atom stereocenters. The molecule has 264 valence electrons. The Balaban J connectivity index is 1.19. The minimum absolute atomic E-state index is 0.0292. The number of benzene rings is 1. The van der Waals surface area contributed by atoms with Crippen LogP contribution in [-0.2, 0) is 18.0 Å². The molecule has 47 heavy (non-hydrogen) atoms. The summed E-state index contributed by atoms with van der Waals surface area (Å²) in [7, 11) is -5.36. The molecule has 1 aliphatic heterocycles. The summed E-state index contributed by atoms with van der Waals surface area (Å²) in [6.07, 6.45) is 14.9. The van der Waals surface area contributed by atoms with E-state index in [0.29, 0.717) is 35.8 Å². The Hall–Kier alpha value is -1.21. The molecule has 0 amide bonds. The molecular formula is C39H63O6PSi. The summed E-state index contributed by atoms with van der Waals surface area (Å²) in [5.41, 5.74) is 3.06. The number of aliphatic hydroxyl groups excluding tert-OH is 1. The molecule has 6 nitrogen and oxygen atoms in total. The van der Waals surface area contributed by atoms with E-state index >= 15 is 0 Å². The predicted molar refractivity (Wildman–Crippen MR) is 194 cm³/mol. The Bertz CT molecular complexity index is 1280. The van der Waals surface area contributed by atoms with Gasteiger partial charge in [0.05, 0.1) is 24.4 Å². The quantitative estimate of drug-likeness (QED) is 0.164. The van der Waals surface area contributed by atoms with Gasteiger partial charge in [-0.1, -0.05) is 89.0 Å². The number of allylic oxidation sites excluding steroid dienone is 3. The Morgan fingerprint density at radius 1 is 1.11 bits per heavy atom. The summed E-state index contributed by atoms with van der Waals surface area (Å²) in [6.45, 7) is 16.9. The van der Waals surface area contributed by atoms with E-state index < -0.39 is 22.2 Å². The van der Waals surface area contributed by atoms with Gasteiger partial charge in [-0.3, -0.25) is 9.05 Å². The zero-order chi connectivity index (χ0) is 33.9. The maximum Gasteiger partial charge on any atom is 0.530 e. The highest BCUT2D eigenvalue weighted by Crippen LogP contribution is 2.60. The van der Waals surface area contributed by atoms with Crippen LogP contribution in [0.1, 0.15) is 113 Å². The molecule has 1 saturated heterocycles. The van der Waals surface area contributed by atoms with E-state index in [-0.39, 0.29) is 24.2 Å². The van der Waals surface area contributed by atoms with Gasteiger partial charge in [-0.25, -0.2) is 4.57 Å². The van der Waals surface area contributed by atoms with Gasteiger partial charge in [0.1, 0.15) is 5.75 Å². The van der Waals surface area contributed by atoms with Crippen molar-refractivity contribution in [1.82, 2.24) is 0 Å². The van der Waals surface area contributed by atoms with E-state index in [1.807, 2.05) is 18.2 Å². The van der Waals surface area contributed by atoms with Crippen molar-refractivity contribution in [2.75, 3.05) is 6.61 Å². The topological polar surface area (TPSA) is 74.2 Å². The summed E-state index contributed by atoms with van der Waals surface area (Å²) in [5.74, 6) is 2.36. The van der Waals surface area contributed by atoms with Crippen LogP contribution in [-0.4, -0.2) is 37.8 Å². The minimum atomic E-state index is -3.75. The third-order valence-electron chi connectivity index (χ3n) is 12.7. The number of phosphoric acid groups is 1. The van der Waals surface area contributed by atoms with Gasteiger partial charge < -0.3 is 14.1 Å². The van der Waals surface area contributed by atoms with E-state index in [1.165, 1.54) is 56.7 Å². The zero-order valence-electron chi connectivity index (χ0n) is 30.3. The fourth-order valence-corrected chi connectivity index (χ4v) is 14.4. The third-order valence-corrected chi connectivity index (χ3v) is 19.0. The lowest BCUT2D eigenvalue weighted by Gasteiger charge is -2.44. The Morgan fingerprint density at radius 3 is 2.53 bits per heavy atom. The molecule has 3 saturated carbocycles. The molecule has 0 radical (unpaired) electrons. The van der Waals surface area contributed by atoms with Crippen LogP contribution < -0.4 is 4.52 Å². The first-order chi connectivity index (χ1) is 22.3. The van der Waals surface area contributed by atoms with Crippen molar-refractivity contribution in [3.63, 3.8) is 0 Å². The van der Waals surface area contributed by atoms with Crippen LogP contribution in [0, 0.1) is 29.1 Å². The lowest BCUT2D eigenvalue weighted by atomic mass is 9.60. The fraction of sp³-hybridized carbons (Fsp3) is 0.744. The normalized spacial score (nSPS) is 35.4. The second kappa shape index (κ2) is 15.4. The van der Waals surface area contributed by atoms with Crippen LogP contribution in [0.2, 0.25) is 18.1 Å². The smallest absolute Gasteiger partial charge is 0.412 e. The average molecular weight is 687 g/mol. The van der Waals surface area contributed by atoms with E-state index in [1.54, 1.807) is 17.7 Å². The maximum atomic E-state index is 13.3. The van der Waals surface area contributed by atoms with Gasteiger partial charge in [-0.15, -0.1) is 0 Å². The molecule has 1 aromatic rings. The van der Waals surface area contributed by atoms with Gasteiger partial charge in [0.2, 0.25) is 0 Å². The molecule has 0 aromatic heterocycles. The number of hydrogen-bond acceptors (Lipinski definition) is 6. The molecule has 1 unspecified atom stereocenters. The van der Waals surface area contributed by atoms with Gasteiger partial charge in [0.15, 0.2) is 8.32 Å². The van der Waals surface area contributed by atoms with E-state index in [4.69, 9.17) is 18.0 Å². The molecule has 8 heteroatoms. The largest absolute Gasteiger partial charge is 0.530 e. The highest BCUT2D eigenvalue weighted by molar-refractivity contribution is 7.49. The highest BCUT2D eigenvalue weighted by Gasteiger charge is 2.51. The van der Waals surface area contributed by atoms with Crippen molar-refractivity contribution in [2.45, 2.75) is 149 Å². The van der Waals surface area contributed by atoms with Gasteiger partial charge in [0, 0.05) is 5.92 Å². The number of para-hydroxylation sites is 1. The van der Waals surface area contributed by atoms with Gasteiger partial charge in [-0.2, -0.15) is 0 Å². The number of aliphatic hydroxyl groups is 1. The molecule has 0 bridgehead atoms.